The van der Waals surface area contributed by atoms with E-state index in [2.05, 4.69) is 13.8 Å². The maximum Gasteiger partial charge on any atom is 0.306 e. The summed E-state index contributed by atoms with van der Waals surface area (Å²) in [6.07, 6.45) is 12.8. The highest BCUT2D eigenvalue weighted by atomic mass is 16.6. The Labute approximate surface area is 181 Å². The van der Waals surface area contributed by atoms with E-state index in [9.17, 15) is 14.4 Å². The molecule has 3 fully saturated rings. The van der Waals surface area contributed by atoms with Crippen molar-refractivity contribution in [1.29, 1.82) is 0 Å². The molecular formula is C26H38O4. The second kappa shape index (κ2) is 8.24. The number of ketones is 2. The van der Waals surface area contributed by atoms with Crippen molar-refractivity contribution in [3.05, 3.63) is 11.6 Å². The minimum absolute atomic E-state index is 0.0365. The van der Waals surface area contributed by atoms with Crippen molar-refractivity contribution < 1.29 is 19.1 Å². The van der Waals surface area contributed by atoms with Gasteiger partial charge in [0.05, 0.1) is 0 Å². The maximum atomic E-state index is 13.0. The van der Waals surface area contributed by atoms with Crippen LogP contribution in [0.25, 0.3) is 0 Å². The lowest BCUT2D eigenvalue weighted by Gasteiger charge is -2.55. The van der Waals surface area contributed by atoms with Gasteiger partial charge < -0.3 is 4.74 Å². The zero-order valence-corrected chi connectivity index (χ0v) is 19.0. The van der Waals surface area contributed by atoms with Crippen molar-refractivity contribution >= 4 is 17.5 Å². The summed E-state index contributed by atoms with van der Waals surface area (Å²) in [5, 5.41) is 0. The molecule has 4 rings (SSSR count). The van der Waals surface area contributed by atoms with Crippen LogP contribution in [0, 0.1) is 29.1 Å². The van der Waals surface area contributed by atoms with Crippen molar-refractivity contribution in [2.75, 3.05) is 0 Å². The third-order valence-electron chi connectivity index (χ3n) is 9.26. The topological polar surface area (TPSA) is 60.4 Å². The molecule has 0 aromatic heterocycles. The molecule has 4 aliphatic rings. The number of allylic oxidation sites excluding steroid dienone is 1. The lowest BCUT2D eigenvalue weighted by Crippen LogP contribution is -2.57. The number of ether oxygens (including phenoxy) is 1. The molecule has 4 aliphatic carbocycles. The van der Waals surface area contributed by atoms with Crippen LogP contribution in [0.2, 0.25) is 0 Å². The van der Waals surface area contributed by atoms with Crippen LogP contribution in [0.3, 0.4) is 0 Å². The first kappa shape index (κ1) is 21.8. The van der Waals surface area contributed by atoms with Gasteiger partial charge in [-0.05, 0) is 88.0 Å². The smallest absolute Gasteiger partial charge is 0.306 e. The number of esters is 1. The van der Waals surface area contributed by atoms with Crippen LogP contribution in [-0.2, 0) is 19.1 Å². The van der Waals surface area contributed by atoms with Crippen molar-refractivity contribution in [2.24, 2.45) is 29.1 Å². The van der Waals surface area contributed by atoms with Crippen LogP contribution in [-0.4, -0.2) is 23.1 Å². The van der Waals surface area contributed by atoms with Crippen LogP contribution >= 0.6 is 0 Å². The van der Waals surface area contributed by atoms with Gasteiger partial charge in [0.15, 0.2) is 17.2 Å². The van der Waals surface area contributed by atoms with Crippen LogP contribution in [0.5, 0.6) is 0 Å². The summed E-state index contributed by atoms with van der Waals surface area (Å²) in [4.78, 5) is 37.6. The van der Waals surface area contributed by atoms with Gasteiger partial charge in [-0.3, -0.25) is 14.4 Å². The van der Waals surface area contributed by atoms with Crippen molar-refractivity contribution in [1.82, 2.24) is 0 Å². The van der Waals surface area contributed by atoms with E-state index in [0.29, 0.717) is 48.7 Å². The molecule has 0 saturated heterocycles. The largest absolute Gasteiger partial charge is 0.450 e. The Balaban J connectivity index is 1.56. The molecule has 4 heteroatoms. The third kappa shape index (κ3) is 3.39. The molecule has 0 heterocycles. The van der Waals surface area contributed by atoms with Gasteiger partial charge in [0.25, 0.3) is 0 Å². The molecule has 0 spiro atoms. The van der Waals surface area contributed by atoms with Gasteiger partial charge in [-0.15, -0.1) is 0 Å². The van der Waals surface area contributed by atoms with E-state index < -0.39 is 5.60 Å². The molecule has 4 nitrogen and oxygen atoms in total. The van der Waals surface area contributed by atoms with E-state index >= 15 is 0 Å². The highest BCUT2D eigenvalue weighted by molar-refractivity contribution is 5.91. The first-order chi connectivity index (χ1) is 14.3. The normalized spacial score (nSPS) is 40.1. The lowest BCUT2D eigenvalue weighted by atomic mass is 9.50. The number of rotatable bonds is 6. The van der Waals surface area contributed by atoms with E-state index in [-0.39, 0.29) is 17.2 Å². The van der Waals surface area contributed by atoms with Gasteiger partial charge in [0.2, 0.25) is 0 Å². The molecule has 0 radical (unpaired) electrons. The van der Waals surface area contributed by atoms with E-state index in [1.54, 1.807) is 6.92 Å². The molecule has 6 atom stereocenters. The van der Waals surface area contributed by atoms with Gasteiger partial charge in [0, 0.05) is 18.3 Å². The zero-order chi connectivity index (χ0) is 21.5. The fourth-order valence-corrected chi connectivity index (χ4v) is 7.76. The first-order valence-corrected chi connectivity index (χ1v) is 12.3. The number of unbranched alkanes of at least 4 members (excludes halogenated alkanes) is 2. The molecule has 0 aliphatic heterocycles. The number of carbonyl (C=O) groups is 3. The van der Waals surface area contributed by atoms with E-state index in [1.165, 1.54) is 5.57 Å². The van der Waals surface area contributed by atoms with Gasteiger partial charge in [-0.2, -0.15) is 0 Å². The van der Waals surface area contributed by atoms with Crippen LogP contribution in [0.4, 0.5) is 0 Å². The van der Waals surface area contributed by atoms with Crippen molar-refractivity contribution in [3.63, 3.8) is 0 Å². The summed E-state index contributed by atoms with van der Waals surface area (Å²) in [5.74, 6) is 2.33. The standard InChI is InChI=1S/C26H38O4/c1-4-5-6-7-24(29)30-26(17(2)27)15-13-23-22-10-8-18-16-19(28)9-11-20(18)21(22)12-14-25(23,26)3/h16,20-23H,4-15H2,1-3H3/t20-,21+,22+,23-,25-,26-/m0/s1. The fraction of sp³-hybridized carbons (Fsp3) is 0.808. The van der Waals surface area contributed by atoms with Gasteiger partial charge >= 0.3 is 5.97 Å². The lowest BCUT2D eigenvalue weighted by molar-refractivity contribution is -0.187. The SMILES string of the molecule is CCCCCC(=O)O[C@]1(C(C)=O)CC[C@H]2[C@@H]3CCC4=CC(=O)CC[C@@H]4[C@H]3CC[C@@]21C. The summed E-state index contributed by atoms with van der Waals surface area (Å²) < 4.78 is 6.14. The fourth-order valence-electron chi connectivity index (χ4n) is 7.76. The van der Waals surface area contributed by atoms with E-state index in [1.807, 2.05) is 6.08 Å². The predicted molar refractivity (Wildman–Crippen MR) is 116 cm³/mol. The molecular weight excluding hydrogens is 376 g/mol. The van der Waals surface area contributed by atoms with Crippen molar-refractivity contribution in [2.45, 2.75) is 103 Å². The van der Waals surface area contributed by atoms with Gasteiger partial charge in [0.1, 0.15) is 0 Å². The summed E-state index contributed by atoms with van der Waals surface area (Å²) in [6.45, 7) is 5.99. The molecule has 3 saturated carbocycles. The van der Waals surface area contributed by atoms with Gasteiger partial charge in [-0.1, -0.05) is 32.3 Å². The highest BCUT2D eigenvalue weighted by Crippen LogP contribution is 2.66. The van der Waals surface area contributed by atoms with E-state index in [4.69, 9.17) is 4.74 Å². The molecule has 166 valence electrons. The Hall–Kier alpha value is -1.45. The number of fused-ring (bicyclic) bond motifs is 5. The van der Waals surface area contributed by atoms with Crippen LogP contribution < -0.4 is 0 Å². The number of hydrogen-bond acceptors (Lipinski definition) is 4. The van der Waals surface area contributed by atoms with E-state index in [0.717, 1.165) is 57.8 Å². The van der Waals surface area contributed by atoms with Gasteiger partial charge in [-0.25, -0.2) is 0 Å². The second-order valence-corrected chi connectivity index (χ2v) is 10.6. The molecule has 0 aromatic carbocycles. The molecule has 0 amide bonds. The average Bonchev–Trinajstić information content (AvgIpc) is 3.01. The predicted octanol–water partition coefficient (Wildman–Crippen LogP) is 5.58. The highest BCUT2D eigenvalue weighted by Gasteiger charge is 2.66. The van der Waals surface area contributed by atoms with Crippen LogP contribution in [0.15, 0.2) is 11.6 Å². The monoisotopic (exact) mass is 414 g/mol. The Morgan fingerprint density at radius 2 is 1.87 bits per heavy atom. The number of hydrogen-bond donors (Lipinski definition) is 0. The number of carbonyl (C=O) groups excluding carboxylic acids is 3. The van der Waals surface area contributed by atoms with Crippen molar-refractivity contribution in [3.8, 4) is 0 Å². The molecule has 0 aromatic rings. The average molecular weight is 415 g/mol. The Bertz CT molecular complexity index is 752. The zero-order valence-electron chi connectivity index (χ0n) is 19.0. The molecule has 0 bridgehead atoms. The Kier molecular flexibility index (Phi) is 5.98. The molecule has 0 N–H and O–H groups in total. The second-order valence-electron chi connectivity index (χ2n) is 10.6. The number of Topliss-reactive ketones (excluding diaryl/α,β-unsaturated/α-hetero) is 1. The molecule has 0 unspecified atom stereocenters. The minimum Gasteiger partial charge on any atom is -0.450 e. The quantitative estimate of drug-likeness (QED) is 0.420. The first-order valence-electron chi connectivity index (χ1n) is 12.3. The summed E-state index contributed by atoms with van der Waals surface area (Å²) in [5.41, 5.74) is 0.186. The molecule has 30 heavy (non-hydrogen) atoms. The summed E-state index contributed by atoms with van der Waals surface area (Å²) >= 11 is 0. The summed E-state index contributed by atoms with van der Waals surface area (Å²) in [6, 6.07) is 0. The third-order valence-corrected chi connectivity index (χ3v) is 9.26. The van der Waals surface area contributed by atoms with Crippen LogP contribution in [0.1, 0.15) is 97.8 Å². The maximum absolute atomic E-state index is 13.0. The Morgan fingerprint density at radius 3 is 2.60 bits per heavy atom. The minimum atomic E-state index is -0.940. The Morgan fingerprint density at radius 1 is 1.07 bits per heavy atom. The summed E-state index contributed by atoms with van der Waals surface area (Å²) in [7, 11) is 0.